The zero-order valence-corrected chi connectivity index (χ0v) is 20.9. The summed E-state index contributed by atoms with van der Waals surface area (Å²) in [6.45, 7) is 0. The molecular formula is C36H21NO2. The van der Waals surface area contributed by atoms with Crippen molar-refractivity contribution in [2.45, 2.75) is 0 Å². The quantitative estimate of drug-likeness (QED) is 0.237. The van der Waals surface area contributed by atoms with Crippen molar-refractivity contribution in [1.29, 1.82) is 0 Å². The number of hydrogen-bond donors (Lipinski definition) is 0. The number of furan rings is 2. The maximum Gasteiger partial charge on any atom is 0.147 e. The average Bonchev–Trinajstić information content (AvgIpc) is 3.70. The fraction of sp³-hybridized carbons (Fsp3) is 0. The minimum absolute atomic E-state index is 0.861. The van der Waals surface area contributed by atoms with Crippen LogP contribution >= 0.6 is 0 Å². The molecule has 0 spiro atoms. The molecule has 0 aliphatic heterocycles. The molecule has 0 radical (unpaired) electrons. The fourth-order valence-corrected chi connectivity index (χ4v) is 6.34. The summed E-state index contributed by atoms with van der Waals surface area (Å²) in [4.78, 5) is 0. The molecule has 0 bridgehead atoms. The molecule has 9 rings (SSSR count). The van der Waals surface area contributed by atoms with Gasteiger partial charge >= 0.3 is 0 Å². The van der Waals surface area contributed by atoms with Gasteiger partial charge in [-0.15, -0.1) is 0 Å². The van der Waals surface area contributed by atoms with E-state index in [0.717, 1.165) is 49.4 Å². The second-order valence-corrected chi connectivity index (χ2v) is 10.1. The second-order valence-electron chi connectivity index (χ2n) is 10.1. The van der Waals surface area contributed by atoms with Gasteiger partial charge in [-0.25, -0.2) is 0 Å². The molecule has 3 aromatic heterocycles. The van der Waals surface area contributed by atoms with E-state index in [2.05, 4.69) is 108 Å². The Balaban J connectivity index is 1.38. The van der Waals surface area contributed by atoms with Gasteiger partial charge in [0.2, 0.25) is 0 Å². The third-order valence-electron chi connectivity index (χ3n) is 8.06. The third-order valence-corrected chi connectivity index (χ3v) is 8.06. The van der Waals surface area contributed by atoms with E-state index in [-0.39, 0.29) is 0 Å². The molecule has 0 aliphatic carbocycles. The highest BCUT2D eigenvalue weighted by molar-refractivity contribution is 6.25. The minimum atomic E-state index is 0.861. The molecule has 182 valence electrons. The van der Waals surface area contributed by atoms with Crippen molar-refractivity contribution in [3.63, 3.8) is 0 Å². The first-order valence-electron chi connectivity index (χ1n) is 13.2. The van der Waals surface area contributed by atoms with Gasteiger partial charge in [-0.2, -0.15) is 0 Å². The highest BCUT2D eigenvalue weighted by Gasteiger charge is 2.19. The Morgan fingerprint density at radius 3 is 2.21 bits per heavy atom. The van der Waals surface area contributed by atoms with Gasteiger partial charge in [-0.05, 0) is 71.1 Å². The predicted octanol–water partition coefficient (Wildman–Crippen LogP) is 10.2. The standard InChI is InChI=1S/C36H21NO2/c1-2-8-24(9-3-1)37-31-12-6-4-10-25(31)30-20-22(14-17-32(30)37)29-21-23-18-19-38-35(23)34-27(29)15-16-28-26-11-5-7-13-33(26)39-36(28)34/h1-21H. The first kappa shape index (κ1) is 20.7. The van der Waals surface area contributed by atoms with E-state index in [9.17, 15) is 0 Å². The monoisotopic (exact) mass is 499 g/mol. The number of hydrogen-bond acceptors (Lipinski definition) is 2. The van der Waals surface area contributed by atoms with Crippen LogP contribution in [0.3, 0.4) is 0 Å². The van der Waals surface area contributed by atoms with Gasteiger partial charge in [0.1, 0.15) is 16.7 Å². The second kappa shape index (κ2) is 7.62. The molecule has 3 heteroatoms. The normalized spacial score (nSPS) is 12.1. The summed E-state index contributed by atoms with van der Waals surface area (Å²) in [6.07, 6.45) is 1.77. The van der Waals surface area contributed by atoms with E-state index in [0.29, 0.717) is 0 Å². The zero-order valence-electron chi connectivity index (χ0n) is 20.9. The Kier molecular flexibility index (Phi) is 4.05. The lowest BCUT2D eigenvalue weighted by atomic mass is 9.94. The van der Waals surface area contributed by atoms with E-state index in [1.165, 1.54) is 32.9 Å². The predicted molar refractivity (Wildman–Crippen MR) is 161 cm³/mol. The summed E-state index contributed by atoms with van der Waals surface area (Å²) < 4.78 is 14.8. The summed E-state index contributed by atoms with van der Waals surface area (Å²) in [5, 5.41) is 7.91. The molecule has 3 nitrogen and oxygen atoms in total. The van der Waals surface area contributed by atoms with Crippen molar-refractivity contribution < 1.29 is 8.83 Å². The van der Waals surface area contributed by atoms with E-state index in [1.54, 1.807) is 6.26 Å². The number of nitrogens with zero attached hydrogens (tertiary/aromatic N) is 1. The fourth-order valence-electron chi connectivity index (χ4n) is 6.34. The minimum Gasteiger partial charge on any atom is -0.464 e. The van der Waals surface area contributed by atoms with Crippen molar-refractivity contribution in [2.24, 2.45) is 0 Å². The molecule has 0 amide bonds. The van der Waals surface area contributed by atoms with Crippen LogP contribution in [0.15, 0.2) is 136 Å². The lowest BCUT2D eigenvalue weighted by Crippen LogP contribution is -1.92. The molecular weight excluding hydrogens is 478 g/mol. The van der Waals surface area contributed by atoms with Crippen molar-refractivity contribution in [3.8, 4) is 16.8 Å². The van der Waals surface area contributed by atoms with Crippen LogP contribution in [0.25, 0.3) is 82.3 Å². The summed E-state index contributed by atoms with van der Waals surface area (Å²) >= 11 is 0. The maximum absolute atomic E-state index is 6.45. The van der Waals surface area contributed by atoms with Gasteiger partial charge in [-0.3, -0.25) is 0 Å². The van der Waals surface area contributed by atoms with Gasteiger partial charge in [0.25, 0.3) is 0 Å². The van der Waals surface area contributed by atoms with Crippen molar-refractivity contribution in [3.05, 3.63) is 128 Å². The number of aromatic nitrogens is 1. The van der Waals surface area contributed by atoms with Gasteiger partial charge in [0.15, 0.2) is 0 Å². The van der Waals surface area contributed by atoms with Crippen LogP contribution in [-0.4, -0.2) is 4.57 Å². The molecule has 0 saturated carbocycles. The highest BCUT2D eigenvalue weighted by atomic mass is 16.3. The molecule has 0 N–H and O–H groups in total. The van der Waals surface area contributed by atoms with Crippen LogP contribution in [-0.2, 0) is 0 Å². The molecule has 0 atom stereocenters. The van der Waals surface area contributed by atoms with Crippen LogP contribution in [0.4, 0.5) is 0 Å². The Morgan fingerprint density at radius 2 is 1.28 bits per heavy atom. The van der Waals surface area contributed by atoms with Crippen molar-refractivity contribution in [1.82, 2.24) is 4.57 Å². The Labute approximate surface area is 223 Å². The Morgan fingerprint density at radius 1 is 0.513 bits per heavy atom. The highest BCUT2D eigenvalue weighted by Crippen LogP contribution is 2.43. The van der Waals surface area contributed by atoms with Gasteiger partial charge in [0.05, 0.1) is 22.7 Å². The largest absolute Gasteiger partial charge is 0.464 e. The van der Waals surface area contributed by atoms with Crippen LogP contribution in [0.5, 0.6) is 0 Å². The molecule has 0 unspecified atom stereocenters. The number of para-hydroxylation sites is 3. The maximum atomic E-state index is 6.45. The van der Waals surface area contributed by atoms with Crippen molar-refractivity contribution >= 4 is 65.5 Å². The van der Waals surface area contributed by atoms with Crippen LogP contribution in [0, 0.1) is 0 Å². The lowest BCUT2D eigenvalue weighted by Gasteiger charge is -2.10. The number of fused-ring (bicyclic) bond motifs is 10. The molecule has 6 aromatic carbocycles. The summed E-state index contributed by atoms with van der Waals surface area (Å²) in [5.41, 5.74) is 8.52. The number of benzene rings is 6. The third kappa shape index (κ3) is 2.82. The van der Waals surface area contributed by atoms with Gasteiger partial charge in [0, 0.05) is 32.6 Å². The van der Waals surface area contributed by atoms with Crippen LogP contribution in [0.1, 0.15) is 0 Å². The van der Waals surface area contributed by atoms with E-state index >= 15 is 0 Å². The van der Waals surface area contributed by atoms with E-state index in [4.69, 9.17) is 8.83 Å². The molecule has 0 saturated heterocycles. The first-order chi connectivity index (χ1) is 19.3. The zero-order chi connectivity index (χ0) is 25.5. The summed E-state index contributed by atoms with van der Waals surface area (Å²) in [6, 6.07) is 43.0. The molecule has 3 heterocycles. The van der Waals surface area contributed by atoms with Crippen LogP contribution < -0.4 is 0 Å². The molecule has 0 fully saturated rings. The summed E-state index contributed by atoms with van der Waals surface area (Å²) in [7, 11) is 0. The SMILES string of the molecule is c1ccc(-n2c3ccccc3c3cc(-c4cc5ccoc5c5c4ccc4c6ccccc6oc45)ccc32)cc1. The molecule has 0 aliphatic rings. The van der Waals surface area contributed by atoms with E-state index < -0.39 is 0 Å². The van der Waals surface area contributed by atoms with E-state index in [1.807, 2.05) is 18.2 Å². The Bertz CT molecular complexity index is 2390. The Hall–Kier alpha value is -5.28. The van der Waals surface area contributed by atoms with Crippen molar-refractivity contribution in [2.75, 3.05) is 0 Å². The molecule has 9 aromatic rings. The molecule has 39 heavy (non-hydrogen) atoms. The van der Waals surface area contributed by atoms with Gasteiger partial charge in [-0.1, -0.05) is 66.7 Å². The summed E-state index contributed by atoms with van der Waals surface area (Å²) in [5.74, 6) is 0. The lowest BCUT2D eigenvalue weighted by molar-refractivity contribution is 0.618. The van der Waals surface area contributed by atoms with Crippen LogP contribution in [0.2, 0.25) is 0 Å². The first-order valence-corrected chi connectivity index (χ1v) is 13.2. The topological polar surface area (TPSA) is 31.2 Å². The van der Waals surface area contributed by atoms with Gasteiger partial charge < -0.3 is 13.4 Å². The number of rotatable bonds is 2. The smallest absolute Gasteiger partial charge is 0.147 e. The average molecular weight is 500 g/mol.